The molecular weight excluding hydrogens is 438 g/mol. The van der Waals surface area contributed by atoms with E-state index in [0.29, 0.717) is 0 Å². The van der Waals surface area contributed by atoms with E-state index in [9.17, 15) is 35.9 Å². The average molecular weight is 452 g/mol. The lowest BCUT2D eigenvalue weighted by atomic mass is 10.1. The Hall–Kier alpha value is -3.82. The van der Waals surface area contributed by atoms with Crippen LogP contribution in [0.25, 0.3) is 0 Å². The van der Waals surface area contributed by atoms with Crippen molar-refractivity contribution < 1.29 is 35.9 Å². The van der Waals surface area contributed by atoms with E-state index in [2.05, 4.69) is 10.6 Å². The van der Waals surface area contributed by atoms with Gasteiger partial charge in [-0.2, -0.15) is 26.3 Å². The second-order valence-corrected chi connectivity index (χ2v) is 6.64. The third kappa shape index (κ3) is 5.65. The Morgan fingerprint density at radius 3 is 1.03 bits per heavy atom. The number of benzene rings is 3. The van der Waals surface area contributed by atoms with Crippen LogP contribution in [0.1, 0.15) is 31.8 Å². The molecule has 0 aliphatic heterocycles. The van der Waals surface area contributed by atoms with Crippen molar-refractivity contribution >= 4 is 23.2 Å². The fourth-order valence-corrected chi connectivity index (χ4v) is 2.66. The van der Waals surface area contributed by atoms with Gasteiger partial charge in [-0.25, -0.2) is 0 Å². The third-order valence-electron chi connectivity index (χ3n) is 4.35. The predicted octanol–water partition coefficient (Wildman–Crippen LogP) is 6.23. The highest BCUT2D eigenvalue weighted by molar-refractivity contribution is 6.07. The molecule has 0 unspecified atom stereocenters. The maximum Gasteiger partial charge on any atom is 0.416 e. The molecule has 3 aromatic rings. The van der Waals surface area contributed by atoms with Crippen molar-refractivity contribution in [2.45, 2.75) is 12.4 Å². The van der Waals surface area contributed by atoms with Gasteiger partial charge in [0, 0.05) is 22.5 Å². The van der Waals surface area contributed by atoms with Crippen LogP contribution in [-0.2, 0) is 12.4 Å². The van der Waals surface area contributed by atoms with E-state index < -0.39 is 35.3 Å². The quantitative estimate of drug-likeness (QED) is 0.461. The molecule has 0 spiro atoms. The lowest BCUT2D eigenvalue weighted by Gasteiger charge is -2.10. The van der Waals surface area contributed by atoms with E-state index in [0.717, 1.165) is 48.5 Å². The van der Waals surface area contributed by atoms with Gasteiger partial charge in [-0.1, -0.05) is 0 Å². The van der Waals surface area contributed by atoms with E-state index in [1.54, 1.807) is 0 Å². The largest absolute Gasteiger partial charge is 0.416 e. The number of carbonyl (C=O) groups excluding carboxylic acids is 2. The van der Waals surface area contributed by atoms with E-state index >= 15 is 0 Å². The van der Waals surface area contributed by atoms with Crippen molar-refractivity contribution in [1.29, 1.82) is 0 Å². The SMILES string of the molecule is O=C(Nc1ccc(C(F)(F)F)cc1)c1ccc(C(=O)Nc2ccc(C(F)(F)F)cc2)cc1. The summed E-state index contributed by atoms with van der Waals surface area (Å²) in [5.74, 6) is -1.20. The molecule has 0 fully saturated rings. The minimum absolute atomic E-state index is 0.149. The summed E-state index contributed by atoms with van der Waals surface area (Å²) in [5.41, 5.74) is -1.08. The zero-order valence-corrected chi connectivity index (χ0v) is 16.0. The monoisotopic (exact) mass is 452 g/mol. The Morgan fingerprint density at radius 1 is 0.500 bits per heavy atom. The first-order chi connectivity index (χ1) is 14.9. The van der Waals surface area contributed by atoms with Crippen LogP contribution in [0.5, 0.6) is 0 Å². The van der Waals surface area contributed by atoms with Crippen LogP contribution in [0.4, 0.5) is 37.7 Å². The topological polar surface area (TPSA) is 58.2 Å². The van der Waals surface area contributed by atoms with Crippen LogP contribution in [0.2, 0.25) is 0 Å². The molecule has 0 saturated heterocycles. The fraction of sp³-hybridized carbons (Fsp3) is 0.0909. The highest BCUT2D eigenvalue weighted by atomic mass is 19.4. The van der Waals surface area contributed by atoms with Gasteiger partial charge in [0.25, 0.3) is 11.8 Å². The van der Waals surface area contributed by atoms with Gasteiger partial charge in [0.2, 0.25) is 0 Å². The van der Waals surface area contributed by atoms with Crippen molar-refractivity contribution in [2.75, 3.05) is 10.6 Å². The predicted molar refractivity (Wildman–Crippen MR) is 105 cm³/mol. The summed E-state index contributed by atoms with van der Waals surface area (Å²) >= 11 is 0. The van der Waals surface area contributed by atoms with E-state index in [1.807, 2.05) is 0 Å². The maximum atomic E-state index is 12.6. The van der Waals surface area contributed by atoms with Crippen molar-refractivity contribution in [3.8, 4) is 0 Å². The molecule has 3 aromatic carbocycles. The zero-order valence-electron chi connectivity index (χ0n) is 16.0. The Kier molecular flexibility index (Phi) is 6.24. The molecule has 0 bridgehead atoms. The van der Waals surface area contributed by atoms with Crippen LogP contribution in [0, 0.1) is 0 Å². The molecule has 0 aromatic heterocycles. The van der Waals surface area contributed by atoms with Crippen molar-refractivity contribution in [3.63, 3.8) is 0 Å². The minimum Gasteiger partial charge on any atom is -0.322 e. The molecular formula is C22H14F6N2O2. The van der Waals surface area contributed by atoms with Gasteiger partial charge in [-0.15, -0.1) is 0 Å². The van der Waals surface area contributed by atoms with Crippen LogP contribution < -0.4 is 10.6 Å². The number of anilines is 2. The lowest BCUT2D eigenvalue weighted by Crippen LogP contribution is -2.14. The molecule has 0 aliphatic carbocycles. The number of amides is 2. The summed E-state index contributed by atoms with van der Waals surface area (Å²) in [6.07, 6.45) is -8.97. The second-order valence-electron chi connectivity index (χ2n) is 6.64. The Bertz CT molecular complexity index is 1010. The number of halogens is 6. The van der Waals surface area contributed by atoms with Gasteiger partial charge >= 0.3 is 12.4 Å². The molecule has 0 heterocycles. The summed E-state index contributed by atoms with van der Waals surface area (Å²) in [6.45, 7) is 0. The van der Waals surface area contributed by atoms with Crippen molar-refractivity contribution in [3.05, 3.63) is 95.1 Å². The molecule has 3 rings (SSSR count). The van der Waals surface area contributed by atoms with Crippen LogP contribution in [0.3, 0.4) is 0 Å². The average Bonchev–Trinajstić information content (AvgIpc) is 2.73. The highest BCUT2D eigenvalue weighted by Crippen LogP contribution is 2.30. The molecule has 2 N–H and O–H groups in total. The first kappa shape index (κ1) is 22.9. The minimum atomic E-state index is -4.49. The van der Waals surface area contributed by atoms with Gasteiger partial charge in [0.05, 0.1) is 11.1 Å². The second kappa shape index (κ2) is 8.74. The Balaban J connectivity index is 1.62. The van der Waals surface area contributed by atoms with Crippen LogP contribution in [0.15, 0.2) is 72.8 Å². The molecule has 10 heteroatoms. The summed E-state index contributed by atoms with van der Waals surface area (Å²) in [7, 11) is 0. The highest BCUT2D eigenvalue weighted by Gasteiger charge is 2.30. The molecule has 0 atom stereocenters. The third-order valence-corrected chi connectivity index (χ3v) is 4.35. The van der Waals surface area contributed by atoms with Gasteiger partial charge in [0.1, 0.15) is 0 Å². The summed E-state index contributed by atoms with van der Waals surface area (Å²) in [6, 6.07) is 13.2. The van der Waals surface area contributed by atoms with Crippen LogP contribution >= 0.6 is 0 Å². The first-order valence-electron chi connectivity index (χ1n) is 9.01. The van der Waals surface area contributed by atoms with Crippen LogP contribution in [-0.4, -0.2) is 11.8 Å². The normalized spacial score (nSPS) is 11.7. The molecule has 166 valence electrons. The van der Waals surface area contributed by atoms with E-state index in [4.69, 9.17) is 0 Å². The van der Waals surface area contributed by atoms with Gasteiger partial charge in [-0.05, 0) is 72.8 Å². The molecule has 2 amide bonds. The Morgan fingerprint density at radius 2 is 0.781 bits per heavy atom. The molecule has 32 heavy (non-hydrogen) atoms. The lowest BCUT2D eigenvalue weighted by molar-refractivity contribution is -0.138. The summed E-state index contributed by atoms with van der Waals surface area (Å²) < 4.78 is 75.5. The van der Waals surface area contributed by atoms with Gasteiger partial charge in [0.15, 0.2) is 0 Å². The number of hydrogen-bond acceptors (Lipinski definition) is 2. The zero-order chi connectivity index (χ0) is 23.5. The molecule has 0 aliphatic rings. The molecule has 0 saturated carbocycles. The van der Waals surface area contributed by atoms with Gasteiger partial charge in [-0.3, -0.25) is 9.59 Å². The Labute approximate surface area is 177 Å². The number of hydrogen-bond donors (Lipinski definition) is 2. The summed E-state index contributed by atoms with van der Waals surface area (Å²) in [5, 5.41) is 4.89. The standard InChI is InChI=1S/C22H14F6N2O2/c23-21(24,25)15-5-9-17(10-6-15)29-19(31)13-1-2-14(4-3-13)20(32)30-18-11-7-16(8-12-18)22(26,27)28/h1-12H,(H,29,31)(H,30,32). The van der Waals surface area contributed by atoms with Gasteiger partial charge < -0.3 is 10.6 Å². The number of alkyl halides is 6. The van der Waals surface area contributed by atoms with E-state index in [-0.39, 0.29) is 22.5 Å². The first-order valence-corrected chi connectivity index (χ1v) is 9.01. The number of rotatable bonds is 4. The van der Waals surface area contributed by atoms with Crippen molar-refractivity contribution in [1.82, 2.24) is 0 Å². The maximum absolute atomic E-state index is 12.6. The summed E-state index contributed by atoms with van der Waals surface area (Å²) in [4.78, 5) is 24.5. The number of carbonyl (C=O) groups is 2. The van der Waals surface area contributed by atoms with Crippen molar-refractivity contribution in [2.24, 2.45) is 0 Å². The van der Waals surface area contributed by atoms with E-state index in [1.165, 1.54) is 24.3 Å². The molecule has 4 nitrogen and oxygen atoms in total. The fourth-order valence-electron chi connectivity index (χ4n) is 2.66. The molecule has 0 radical (unpaired) electrons. The smallest absolute Gasteiger partial charge is 0.322 e. The number of nitrogens with one attached hydrogen (secondary N) is 2.